The van der Waals surface area contributed by atoms with Gasteiger partial charge in [-0.15, -0.1) is 0 Å². The first-order valence-electron chi connectivity index (χ1n) is 7.27. The number of hydrogen-bond donors (Lipinski definition) is 2. The van der Waals surface area contributed by atoms with Crippen LogP contribution in [0.15, 0.2) is 23.3 Å². The minimum atomic E-state index is -0.806. The van der Waals surface area contributed by atoms with Crippen molar-refractivity contribution >= 4 is 23.2 Å². The molecule has 0 atom stereocenters. The van der Waals surface area contributed by atoms with E-state index in [9.17, 15) is 9.59 Å². The predicted octanol–water partition coefficient (Wildman–Crippen LogP) is 2.62. The fourth-order valence-corrected chi connectivity index (χ4v) is 1.78. The van der Waals surface area contributed by atoms with E-state index in [1.165, 1.54) is 7.11 Å². The van der Waals surface area contributed by atoms with E-state index in [0.29, 0.717) is 11.4 Å². The zero-order valence-electron chi connectivity index (χ0n) is 13.5. The molecule has 0 bridgehead atoms. The highest BCUT2D eigenvalue weighted by atomic mass is 16.5. The van der Waals surface area contributed by atoms with Crippen molar-refractivity contribution in [2.45, 2.75) is 40.0 Å². The van der Waals surface area contributed by atoms with Gasteiger partial charge < -0.3 is 10.1 Å². The number of methoxy groups -OCH3 is 1. The van der Waals surface area contributed by atoms with Crippen LogP contribution in [0.1, 0.15) is 38.7 Å². The van der Waals surface area contributed by atoms with E-state index in [-0.39, 0.29) is 0 Å². The summed E-state index contributed by atoms with van der Waals surface area (Å²) in [7, 11) is 1.50. The van der Waals surface area contributed by atoms with Gasteiger partial charge in [0.05, 0.1) is 12.8 Å². The second kappa shape index (κ2) is 8.81. The summed E-state index contributed by atoms with van der Waals surface area (Å²) in [6.45, 7) is 5.78. The quantitative estimate of drug-likeness (QED) is 0.481. The van der Waals surface area contributed by atoms with Crippen LogP contribution in [0.4, 0.5) is 5.69 Å². The number of carbonyl (C=O) groups excluding carboxylic acids is 2. The maximum Gasteiger partial charge on any atom is 0.329 e. The first-order chi connectivity index (χ1) is 10.5. The van der Waals surface area contributed by atoms with Crippen molar-refractivity contribution < 1.29 is 14.3 Å². The van der Waals surface area contributed by atoms with Crippen LogP contribution in [-0.4, -0.2) is 24.6 Å². The Morgan fingerprint density at radius 2 is 2.00 bits per heavy atom. The molecule has 0 radical (unpaired) electrons. The fourth-order valence-electron chi connectivity index (χ4n) is 1.78. The molecule has 1 rings (SSSR count). The van der Waals surface area contributed by atoms with Gasteiger partial charge in [-0.2, -0.15) is 5.10 Å². The van der Waals surface area contributed by atoms with Crippen LogP contribution >= 0.6 is 0 Å². The van der Waals surface area contributed by atoms with Crippen LogP contribution < -0.4 is 15.5 Å². The number of benzene rings is 1. The van der Waals surface area contributed by atoms with Gasteiger partial charge in [0.15, 0.2) is 0 Å². The molecule has 2 amide bonds. The summed E-state index contributed by atoms with van der Waals surface area (Å²) in [5, 5.41) is 6.43. The van der Waals surface area contributed by atoms with Gasteiger partial charge in [-0.1, -0.05) is 19.4 Å². The Bertz CT molecular complexity index is 568. The van der Waals surface area contributed by atoms with Gasteiger partial charge >= 0.3 is 11.8 Å². The van der Waals surface area contributed by atoms with Crippen LogP contribution in [0.2, 0.25) is 0 Å². The molecule has 1 aromatic carbocycles. The topological polar surface area (TPSA) is 79.8 Å². The minimum Gasteiger partial charge on any atom is -0.495 e. The Hall–Kier alpha value is -2.37. The summed E-state index contributed by atoms with van der Waals surface area (Å²) in [5.41, 5.74) is 4.45. The SMILES string of the molecule is CCCC/C(C)=N\NC(=O)C(=O)Nc1cc(C)ccc1OC. The van der Waals surface area contributed by atoms with Crippen LogP contribution in [0, 0.1) is 6.92 Å². The van der Waals surface area contributed by atoms with Crippen molar-refractivity contribution in [3.63, 3.8) is 0 Å². The third-order valence-corrected chi connectivity index (χ3v) is 3.05. The molecule has 0 aromatic heterocycles. The van der Waals surface area contributed by atoms with Gasteiger partial charge in [-0.25, -0.2) is 5.43 Å². The number of anilines is 1. The van der Waals surface area contributed by atoms with E-state index in [1.807, 2.05) is 19.9 Å². The molecule has 0 spiro atoms. The maximum atomic E-state index is 11.9. The average Bonchev–Trinajstić information content (AvgIpc) is 2.50. The van der Waals surface area contributed by atoms with Gasteiger partial charge in [0, 0.05) is 5.71 Å². The van der Waals surface area contributed by atoms with Crippen LogP contribution in [-0.2, 0) is 9.59 Å². The van der Waals surface area contributed by atoms with Gasteiger partial charge in [0.1, 0.15) is 5.75 Å². The Labute approximate surface area is 130 Å². The Kier molecular flexibility index (Phi) is 7.08. The van der Waals surface area contributed by atoms with E-state index >= 15 is 0 Å². The number of amides is 2. The molecule has 6 nitrogen and oxygen atoms in total. The highest BCUT2D eigenvalue weighted by Gasteiger charge is 2.15. The van der Waals surface area contributed by atoms with Gasteiger partial charge in [-0.05, 0) is 44.4 Å². The molecule has 0 unspecified atom stereocenters. The van der Waals surface area contributed by atoms with Crippen molar-refractivity contribution in [2.24, 2.45) is 5.10 Å². The highest BCUT2D eigenvalue weighted by molar-refractivity contribution is 6.39. The lowest BCUT2D eigenvalue weighted by Crippen LogP contribution is -2.33. The van der Waals surface area contributed by atoms with Crippen LogP contribution in [0.3, 0.4) is 0 Å². The summed E-state index contributed by atoms with van der Waals surface area (Å²) in [6, 6.07) is 5.33. The monoisotopic (exact) mass is 305 g/mol. The van der Waals surface area contributed by atoms with E-state index < -0.39 is 11.8 Å². The molecule has 0 fully saturated rings. The number of rotatable bonds is 6. The predicted molar refractivity (Wildman–Crippen MR) is 87.1 cm³/mol. The fraction of sp³-hybridized carbons (Fsp3) is 0.438. The first-order valence-corrected chi connectivity index (χ1v) is 7.27. The molecule has 0 aliphatic rings. The van der Waals surface area contributed by atoms with Crippen LogP contribution in [0.5, 0.6) is 5.75 Å². The molecule has 0 heterocycles. The lowest BCUT2D eigenvalue weighted by atomic mass is 10.2. The molecule has 0 saturated carbocycles. The average molecular weight is 305 g/mol. The highest BCUT2D eigenvalue weighted by Crippen LogP contribution is 2.24. The molecular formula is C16H23N3O3. The number of nitrogens with one attached hydrogen (secondary N) is 2. The standard InChI is InChI=1S/C16H23N3O3/c1-5-6-7-12(3)18-19-16(21)15(20)17-13-10-11(2)8-9-14(13)22-4/h8-10H,5-7H2,1-4H3,(H,17,20)(H,19,21)/b18-12-. The van der Waals surface area contributed by atoms with E-state index in [0.717, 1.165) is 30.5 Å². The Morgan fingerprint density at radius 3 is 2.64 bits per heavy atom. The van der Waals surface area contributed by atoms with Gasteiger partial charge in [-0.3, -0.25) is 9.59 Å². The first kappa shape index (κ1) is 17.7. The number of carbonyl (C=O) groups is 2. The molecule has 0 saturated heterocycles. The van der Waals surface area contributed by atoms with Crippen molar-refractivity contribution in [2.75, 3.05) is 12.4 Å². The number of unbranched alkanes of at least 4 members (excludes halogenated alkanes) is 1. The molecule has 1 aromatic rings. The number of hydrogen-bond acceptors (Lipinski definition) is 4. The molecule has 6 heteroatoms. The number of aryl methyl sites for hydroxylation is 1. The van der Waals surface area contributed by atoms with Crippen molar-refractivity contribution in [3.8, 4) is 5.75 Å². The number of hydrazone groups is 1. The summed E-state index contributed by atoms with van der Waals surface area (Å²) in [4.78, 5) is 23.6. The van der Waals surface area contributed by atoms with E-state index in [2.05, 4.69) is 22.8 Å². The maximum absolute atomic E-state index is 11.9. The zero-order chi connectivity index (χ0) is 16.5. The molecule has 0 aliphatic carbocycles. The van der Waals surface area contributed by atoms with Crippen LogP contribution in [0.25, 0.3) is 0 Å². The van der Waals surface area contributed by atoms with E-state index in [1.54, 1.807) is 12.1 Å². The van der Waals surface area contributed by atoms with Crippen molar-refractivity contribution in [3.05, 3.63) is 23.8 Å². The molecule has 22 heavy (non-hydrogen) atoms. The largest absolute Gasteiger partial charge is 0.495 e. The lowest BCUT2D eigenvalue weighted by molar-refractivity contribution is -0.136. The number of ether oxygens (including phenoxy) is 1. The summed E-state index contributed by atoms with van der Waals surface area (Å²) >= 11 is 0. The number of nitrogens with zero attached hydrogens (tertiary/aromatic N) is 1. The second-order valence-corrected chi connectivity index (χ2v) is 5.05. The van der Waals surface area contributed by atoms with E-state index in [4.69, 9.17) is 4.74 Å². The second-order valence-electron chi connectivity index (χ2n) is 5.05. The summed E-state index contributed by atoms with van der Waals surface area (Å²) in [6.07, 6.45) is 2.84. The van der Waals surface area contributed by atoms with Crippen molar-refractivity contribution in [1.82, 2.24) is 5.43 Å². The van der Waals surface area contributed by atoms with Gasteiger partial charge in [0.25, 0.3) is 0 Å². The third kappa shape index (κ3) is 5.55. The van der Waals surface area contributed by atoms with Gasteiger partial charge in [0.2, 0.25) is 0 Å². The normalized spacial score (nSPS) is 11.0. The molecule has 120 valence electrons. The third-order valence-electron chi connectivity index (χ3n) is 3.05. The lowest BCUT2D eigenvalue weighted by Gasteiger charge is -2.10. The Morgan fingerprint density at radius 1 is 1.27 bits per heavy atom. The van der Waals surface area contributed by atoms with Crippen molar-refractivity contribution in [1.29, 1.82) is 0 Å². The Balaban J connectivity index is 2.65. The smallest absolute Gasteiger partial charge is 0.329 e. The molecule has 2 N–H and O–H groups in total. The zero-order valence-corrected chi connectivity index (χ0v) is 13.5. The summed E-state index contributed by atoms with van der Waals surface area (Å²) < 4.78 is 5.15. The summed E-state index contributed by atoms with van der Waals surface area (Å²) in [5.74, 6) is -1.09. The molecule has 0 aliphatic heterocycles. The molecular weight excluding hydrogens is 282 g/mol. The minimum absolute atomic E-state index is 0.453.